The molecule has 0 aromatic rings. The van der Waals surface area contributed by atoms with E-state index >= 15 is 0 Å². The minimum Gasteiger partial charge on any atom is -0.0588 e. The van der Waals surface area contributed by atoms with E-state index in [4.69, 9.17) is 0 Å². The molecule has 6 saturated carbocycles. The van der Waals surface area contributed by atoms with Gasteiger partial charge in [-0.1, -0.05) is 6.92 Å². The summed E-state index contributed by atoms with van der Waals surface area (Å²) in [6.45, 7) is 2.56. The molecule has 6 rings (SSSR count). The van der Waals surface area contributed by atoms with Crippen molar-refractivity contribution >= 4 is 0 Å². The first-order valence-electron chi connectivity index (χ1n) is 4.37. The minimum absolute atomic E-state index is 0.967. The minimum atomic E-state index is 0.967. The van der Waals surface area contributed by atoms with Crippen molar-refractivity contribution in [2.45, 2.75) is 6.92 Å². The molecule has 0 spiro atoms. The highest BCUT2D eigenvalue weighted by Gasteiger charge is 3.02. The molecule has 0 aromatic carbocycles. The van der Waals surface area contributed by atoms with E-state index < -0.39 is 0 Å². The predicted octanol–water partition coefficient (Wildman–Crippen LogP) is 1.37. The summed E-state index contributed by atoms with van der Waals surface area (Å²) in [7, 11) is 0. The lowest BCUT2D eigenvalue weighted by Crippen LogP contribution is -3.04. The van der Waals surface area contributed by atoms with E-state index in [1.807, 2.05) is 0 Å². The molecule has 0 radical (unpaired) electrons. The van der Waals surface area contributed by atoms with Crippen LogP contribution in [0.15, 0.2) is 0 Å². The Morgan fingerprint density at radius 2 is 1.22 bits per heavy atom. The van der Waals surface area contributed by atoms with E-state index in [0.29, 0.717) is 0 Å². The van der Waals surface area contributed by atoms with Crippen LogP contribution in [0.5, 0.6) is 0 Å². The molecular weight excluding hydrogens is 108 g/mol. The fourth-order valence-corrected chi connectivity index (χ4v) is 6.01. The second kappa shape index (κ2) is 0.538. The van der Waals surface area contributed by atoms with Crippen molar-refractivity contribution < 1.29 is 0 Å². The normalized spacial score (nSPS) is 106. The number of rotatable bonds is 0. The second-order valence-corrected chi connectivity index (χ2v) is 5.25. The van der Waals surface area contributed by atoms with Gasteiger partial charge < -0.3 is 0 Å². The maximum Gasteiger partial charge on any atom is -0.0224 e. The second-order valence-electron chi connectivity index (χ2n) is 5.25. The average molecular weight is 118 g/mol. The molecule has 0 heteroatoms. The van der Waals surface area contributed by atoms with E-state index in [-0.39, 0.29) is 0 Å². The number of hydrogen-bond acceptors (Lipinski definition) is 0. The molecule has 6 aliphatic carbocycles. The molecule has 0 aromatic heterocycles. The monoisotopic (exact) mass is 118 g/mol. The quantitative estimate of drug-likeness (QED) is 0.450. The molecule has 0 amide bonds. The number of hydrogen-bond donors (Lipinski definition) is 0. The molecular formula is C9H10. The molecule has 0 bridgehead atoms. The highest BCUT2D eigenvalue weighted by molar-refractivity contribution is 5.48. The molecule has 9 heavy (non-hydrogen) atoms. The SMILES string of the molecule is CC12C3C4C5C3C1C5C42. The first-order chi connectivity index (χ1) is 4.37. The van der Waals surface area contributed by atoms with E-state index in [2.05, 4.69) is 6.92 Å². The van der Waals surface area contributed by atoms with Crippen molar-refractivity contribution in [2.75, 3.05) is 0 Å². The highest BCUT2D eigenvalue weighted by Crippen LogP contribution is 3.05. The molecule has 0 N–H and O–H groups in total. The van der Waals surface area contributed by atoms with E-state index in [1.54, 1.807) is 0 Å². The zero-order valence-corrected chi connectivity index (χ0v) is 5.54. The molecule has 6 aliphatic rings. The molecule has 0 atom stereocenters. The van der Waals surface area contributed by atoms with Crippen molar-refractivity contribution in [3.63, 3.8) is 0 Å². The van der Waals surface area contributed by atoms with Crippen LogP contribution in [0.4, 0.5) is 0 Å². The Morgan fingerprint density at radius 1 is 0.778 bits per heavy atom. The summed E-state index contributed by atoms with van der Waals surface area (Å²) < 4.78 is 0. The van der Waals surface area contributed by atoms with Gasteiger partial charge in [0.1, 0.15) is 0 Å². The average Bonchev–Trinajstić information content (AvgIpc) is 1.88. The highest BCUT2D eigenvalue weighted by atomic mass is 15.1. The third kappa shape index (κ3) is 0.0988. The van der Waals surface area contributed by atoms with E-state index in [1.165, 1.54) is 41.4 Å². The Balaban J connectivity index is 1.93. The standard InChI is InChI=1S/C9H10/c1-9-6-3-2-4(6)8(9)5(2)7(3)9/h2-8H,1H3. The van der Waals surface area contributed by atoms with Gasteiger partial charge in [0.2, 0.25) is 0 Å². The van der Waals surface area contributed by atoms with Crippen LogP contribution >= 0.6 is 0 Å². The fraction of sp³-hybridized carbons (Fsp3) is 1.00. The third-order valence-corrected chi connectivity index (χ3v) is 5.98. The molecule has 0 heterocycles. The van der Waals surface area contributed by atoms with Gasteiger partial charge in [0.25, 0.3) is 0 Å². The lowest BCUT2D eigenvalue weighted by atomic mass is 8.97. The predicted molar refractivity (Wildman–Crippen MR) is 32.5 cm³/mol. The molecule has 6 fully saturated rings. The van der Waals surface area contributed by atoms with Crippen molar-refractivity contribution in [2.24, 2.45) is 46.8 Å². The van der Waals surface area contributed by atoms with Gasteiger partial charge in [-0.3, -0.25) is 0 Å². The van der Waals surface area contributed by atoms with Crippen LogP contribution in [0.3, 0.4) is 0 Å². The topological polar surface area (TPSA) is 0 Å². The summed E-state index contributed by atoms with van der Waals surface area (Å²) in [5, 5.41) is 0. The van der Waals surface area contributed by atoms with Gasteiger partial charge in [0.15, 0.2) is 0 Å². The summed E-state index contributed by atoms with van der Waals surface area (Å²) in [5.41, 5.74) is 0.967. The zero-order chi connectivity index (χ0) is 5.54. The summed E-state index contributed by atoms with van der Waals surface area (Å²) in [4.78, 5) is 0. The van der Waals surface area contributed by atoms with Gasteiger partial charge in [-0.2, -0.15) is 0 Å². The lowest BCUT2D eigenvalue weighted by Gasteiger charge is -3.07. The summed E-state index contributed by atoms with van der Waals surface area (Å²) in [6, 6.07) is 0. The van der Waals surface area contributed by atoms with Crippen LogP contribution < -0.4 is 0 Å². The molecule has 0 aliphatic heterocycles. The van der Waals surface area contributed by atoms with Gasteiger partial charge in [0, 0.05) is 0 Å². The van der Waals surface area contributed by atoms with Gasteiger partial charge in [-0.05, 0) is 46.8 Å². The van der Waals surface area contributed by atoms with Crippen molar-refractivity contribution in [1.82, 2.24) is 0 Å². The Morgan fingerprint density at radius 3 is 1.44 bits per heavy atom. The van der Waals surface area contributed by atoms with Crippen molar-refractivity contribution in [3.8, 4) is 0 Å². The zero-order valence-electron chi connectivity index (χ0n) is 5.54. The first kappa shape index (κ1) is 3.41. The van der Waals surface area contributed by atoms with Crippen molar-refractivity contribution in [3.05, 3.63) is 0 Å². The van der Waals surface area contributed by atoms with E-state index in [0.717, 1.165) is 5.41 Å². The van der Waals surface area contributed by atoms with Crippen LogP contribution in [-0.2, 0) is 0 Å². The Hall–Kier alpha value is 0. The smallest absolute Gasteiger partial charge is 0.0224 e. The molecule has 46 valence electrons. The van der Waals surface area contributed by atoms with Crippen LogP contribution in [0.1, 0.15) is 6.92 Å². The fourth-order valence-electron chi connectivity index (χ4n) is 6.01. The lowest BCUT2D eigenvalue weighted by molar-refractivity contribution is -0.609. The summed E-state index contributed by atoms with van der Waals surface area (Å²) in [6.07, 6.45) is 0. The van der Waals surface area contributed by atoms with Crippen LogP contribution in [0.25, 0.3) is 0 Å². The van der Waals surface area contributed by atoms with Gasteiger partial charge >= 0.3 is 0 Å². The first-order valence-corrected chi connectivity index (χ1v) is 4.37. The molecule has 0 saturated heterocycles. The Kier molecular flexibility index (Phi) is 0.204. The largest absolute Gasteiger partial charge is 0.0588 e. The molecule has 0 nitrogen and oxygen atoms in total. The third-order valence-electron chi connectivity index (χ3n) is 5.98. The van der Waals surface area contributed by atoms with Gasteiger partial charge in [-0.25, -0.2) is 0 Å². The van der Waals surface area contributed by atoms with Crippen molar-refractivity contribution in [1.29, 1.82) is 0 Å². The van der Waals surface area contributed by atoms with Crippen LogP contribution in [-0.4, -0.2) is 0 Å². The Bertz CT molecular complexity index is 202. The van der Waals surface area contributed by atoms with Crippen LogP contribution in [0.2, 0.25) is 0 Å². The van der Waals surface area contributed by atoms with Gasteiger partial charge in [-0.15, -0.1) is 0 Å². The van der Waals surface area contributed by atoms with Gasteiger partial charge in [0.05, 0.1) is 0 Å². The molecule has 0 unspecified atom stereocenters. The maximum absolute atomic E-state index is 2.56. The Labute approximate surface area is 54.6 Å². The van der Waals surface area contributed by atoms with Crippen LogP contribution in [0, 0.1) is 46.8 Å². The summed E-state index contributed by atoms with van der Waals surface area (Å²) >= 11 is 0. The summed E-state index contributed by atoms with van der Waals surface area (Å²) in [5.74, 6) is 9.05. The van der Waals surface area contributed by atoms with E-state index in [9.17, 15) is 0 Å². The maximum atomic E-state index is 2.56.